The molecular formula is C16H22ClN3O3. The van der Waals surface area contributed by atoms with Crippen molar-refractivity contribution < 1.29 is 14.3 Å². The number of hydrogen-bond acceptors (Lipinski definition) is 5. The van der Waals surface area contributed by atoms with Crippen LogP contribution in [-0.4, -0.2) is 36.0 Å². The molecule has 0 radical (unpaired) electrons. The van der Waals surface area contributed by atoms with Gasteiger partial charge in [0.15, 0.2) is 0 Å². The normalized spacial score (nSPS) is 10.0. The van der Waals surface area contributed by atoms with E-state index in [0.717, 1.165) is 23.4 Å². The second-order valence-electron chi connectivity index (χ2n) is 4.73. The number of methoxy groups -OCH3 is 1. The minimum absolute atomic E-state index is 0. The number of carbonyl (C=O) groups excluding carboxylic acids is 1. The topological polar surface area (TPSA) is 79.4 Å². The van der Waals surface area contributed by atoms with Gasteiger partial charge in [-0.3, -0.25) is 4.68 Å². The fourth-order valence-electron chi connectivity index (χ4n) is 2.10. The highest BCUT2D eigenvalue weighted by molar-refractivity contribution is 5.89. The summed E-state index contributed by atoms with van der Waals surface area (Å²) in [5.41, 5.74) is 7.62. The third-order valence-corrected chi connectivity index (χ3v) is 3.22. The van der Waals surface area contributed by atoms with Crippen LogP contribution in [0.4, 0.5) is 0 Å². The van der Waals surface area contributed by atoms with Crippen LogP contribution in [0.15, 0.2) is 30.3 Å². The molecule has 0 aliphatic heterocycles. The molecule has 0 spiro atoms. The Morgan fingerprint density at radius 2 is 2.00 bits per heavy atom. The monoisotopic (exact) mass is 339 g/mol. The van der Waals surface area contributed by atoms with E-state index in [1.54, 1.807) is 24.8 Å². The number of esters is 1. The number of nitrogens with two attached hydrogens (primary N) is 1. The molecule has 2 aromatic rings. The van der Waals surface area contributed by atoms with E-state index < -0.39 is 0 Å². The first-order valence-electron chi connectivity index (χ1n) is 7.29. The Labute approximate surface area is 142 Å². The molecule has 0 amide bonds. The summed E-state index contributed by atoms with van der Waals surface area (Å²) in [7, 11) is 1.62. The summed E-state index contributed by atoms with van der Waals surface area (Å²) in [5.74, 6) is 0.406. The zero-order valence-corrected chi connectivity index (χ0v) is 14.1. The number of rotatable bonds is 7. The van der Waals surface area contributed by atoms with Crippen molar-refractivity contribution in [3.63, 3.8) is 0 Å². The quantitative estimate of drug-likeness (QED) is 0.784. The van der Waals surface area contributed by atoms with Gasteiger partial charge in [-0.25, -0.2) is 4.79 Å². The molecule has 0 fully saturated rings. The lowest BCUT2D eigenvalue weighted by molar-refractivity contribution is 0.0511. The van der Waals surface area contributed by atoms with E-state index in [2.05, 4.69) is 5.10 Å². The minimum atomic E-state index is -0.369. The molecule has 1 aromatic carbocycles. The molecule has 0 unspecified atom stereocenters. The number of ether oxygens (including phenoxy) is 2. The van der Waals surface area contributed by atoms with Gasteiger partial charge in [0.1, 0.15) is 11.4 Å². The maximum atomic E-state index is 12.0. The molecule has 0 aliphatic carbocycles. The first kappa shape index (κ1) is 19.0. The van der Waals surface area contributed by atoms with Crippen molar-refractivity contribution >= 4 is 18.4 Å². The summed E-state index contributed by atoms with van der Waals surface area (Å²) >= 11 is 0. The Bertz CT molecular complexity index is 626. The molecule has 0 saturated heterocycles. The third-order valence-electron chi connectivity index (χ3n) is 3.22. The average molecular weight is 340 g/mol. The van der Waals surface area contributed by atoms with Gasteiger partial charge in [-0.1, -0.05) is 0 Å². The number of aryl methyl sites for hydroxylation is 1. The highest BCUT2D eigenvalue weighted by atomic mass is 35.5. The first-order chi connectivity index (χ1) is 10.7. The zero-order valence-electron chi connectivity index (χ0n) is 13.3. The smallest absolute Gasteiger partial charge is 0.356 e. The number of carbonyl (C=O) groups is 1. The number of halogens is 1. The van der Waals surface area contributed by atoms with Crippen molar-refractivity contribution in [2.75, 3.05) is 20.3 Å². The van der Waals surface area contributed by atoms with Crippen LogP contribution >= 0.6 is 12.4 Å². The Morgan fingerprint density at radius 3 is 2.57 bits per heavy atom. The van der Waals surface area contributed by atoms with Crippen LogP contribution in [0.1, 0.15) is 23.8 Å². The SMILES string of the molecule is CCOC(=O)c1cc(-c2ccc(OC)cc2)nn1CCCN.Cl. The van der Waals surface area contributed by atoms with Crippen molar-refractivity contribution in [1.29, 1.82) is 0 Å². The molecule has 0 atom stereocenters. The molecule has 0 saturated carbocycles. The van der Waals surface area contributed by atoms with Crippen molar-refractivity contribution in [2.24, 2.45) is 5.73 Å². The molecule has 23 heavy (non-hydrogen) atoms. The van der Waals surface area contributed by atoms with Crippen LogP contribution in [0.3, 0.4) is 0 Å². The van der Waals surface area contributed by atoms with Gasteiger partial charge in [-0.05, 0) is 50.2 Å². The molecule has 1 aromatic heterocycles. The molecule has 2 rings (SSSR count). The fourth-order valence-corrected chi connectivity index (χ4v) is 2.10. The summed E-state index contributed by atoms with van der Waals surface area (Å²) in [6.45, 7) is 3.24. The van der Waals surface area contributed by atoms with E-state index in [0.29, 0.717) is 25.4 Å². The predicted octanol–water partition coefficient (Wildman–Crippen LogP) is 2.51. The first-order valence-corrected chi connectivity index (χ1v) is 7.29. The molecular weight excluding hydrogens is 318 g/mol. The minimum Gasteiger partial charge on any atom is -0.497 e. The summed E-state index contributed by atoms with van der Waals surface area (Å²) in [6, 6.07) is 9.28. The fraction of sp³-hybridized carbons (Fsp3) is 0.375. The highest BCUT2D eigenvalue weighted by Crippen LogP contribution is 2.22. The van der Waals surface area contributed by atoms with Gasteiger partial charge in [0.2, 0.25) is 0 Å². The standard InChI is InChI=1S/C16H21N3O3.ClH/c1-3-22-16(20)15-11-14(18-19(15)10-4-9-17)12-5-7-13(21-2)8-6-12;/h5-8,11H,3-4,9-10,17H2,1-2H3;1H. The van der Waals surface area contributed by atoms with Gasteiger partial charge in [0.25, 0.3) is 0 Å². The van der Waals surface area contributed by atoms with Crippen LogP contribution < -0.4 is 10.5 Å². The summed E-state index contributed by atoms with van der Waals surface area (Å²) in [6.07, 6.45) is 0.746. The Hall–Kier alpha value is -2.05. The van der Waals surface area contributed by atoms with Crippen LogP contribution in [0.25, 0.3) is 11.3 Å². The van der Waals surface area contributed by atoms with Crippen molar-refractivity contribution in [2.45, 2.75) is 19.9 Å². The van der Waals surface area contributed by atoms with E-state index in [4.69, 9.17) is 15.2 Å². The van der Waals surface area contributed by atoms with Crippen LogP contribution in [0, 0.1) is 0 Å². The van der Waals surface area contributed by atoms with Crippen LogP contribution in [0.2, 0.25) is 0 Å². The summed E-state index contributed by atoms with van der Waals surface area (Å²) in [4.78, 5) is 12.0. The molecule has 7 heteroatoms. The van der Waals surface area contributed by atoms with Crippen molar-refractivity contribution in [3.05, 3.63) is 36.0 Å². The van der Waals surface area contributed by atoms with Gasteiger partial charge in [-0.15, -0.1) is 12.4 Å². The third kappa shape index (κ3) is 4.71. The van der Waals surface area contributed by atoms with Crippen molar-refractivity contribution in [1.82, 2.24) is 9.78 Å². The number of hydrogen-bond donors (Lipinski definition) is 1. The van der Waals surface area contributed by atoms with Gasteiger partial charge in [-0.2, -0.15) is 5.10 Å². The highest BCUT2D eigenvalue weighted by Gasteiger charge is 2.17. The lowest BCUT2D eigenvalue weighted by Crippen LogP contribution is -2.15. The lowest BCUT2D eigenvalue weighted by atomic mass is 10.1. The second-order valence-corrected chi connectivity index (χ2v) is 4.73. The molecule has 6 nitrogen and oxygen atoms in total. The number of nitrogens with zero attached hydrogens (tertiary/aromatic N) is 2. The van der Waals surface area contributed by atoms with Gasteiger partial charge < -0.3 is 15.2 Å². The van der Waals surface area contributed by atoms with Crippen molar-refractivity contribution in [3.8, 4) is 17.0 Å². The summed E-state index contributed by atoms with van der Waals surface area (Å²) in [5, 5.41) is 4.50. The Balaban J connectivity index is 0.00000264. The Morgan fingerprint density at radius 1 is 1.30 bits per heavy atom. The molecule has 0 bridgehead atoms. The summed E-state index contributed by atoms with van der Waals surface area (Å²) < 4.78 is 11.9. The van der Waals surface area contributed by atoms with Crippen LogP contribution in [0.5, 0.6) is 5.75 Å². The zero-order chi connectivity index (χ0) is 15.9. The molecule has 1 heterocycles. The molecule has 0 aliphatic rings. The van der Waals surface area contributed by atoms with Gasteiger partial charge in [0.05, 0.1) is 19.4 Å². The van der Waals surface area contributed by atoms with E-state index in [1.165, 1.54) is 0 Å². The average Bonchev–Trinajstić information content (AvgIpc) is 2.97. The lowest BCUT2D eigenvalue weighted by Gasteiger charge is -2.05. The van der Waals surface area contributed by atoms with Gasteiger partial charge in [0, 0.05) is 12.1 Å². The van der Waals surface area contributed by atoms with E-state index in [-0.39, 0.29) is 18.4 Å². The molecule has 126 valence electrons. The number of aromatic nitrogens is 2. The maximum Gasteiger partial charge on any atom is 0.356 e. The predicted molar refractivity (Wildman–Crippen MR) is 91.1 cm³/mol. The van der Waals surface area contributed by atoms with Gasteiger partial charge >= 0.3 is 5.97 Å². The maximum absolute atomic E-state index is 12.0. The van der Waals surface area contributed by atoms with E-state index >= 15 is 0 Å². The Kier molecular flexibility index (Phi) is 7.57. The number of benzene rings is 1. The van der Waals surface area contributed by atoms with E-state index in [9.17, 15) is 4.79 Å². The molecule has 2 N–H and O–H groups in total. The van der Waals surface area contributed by atoms with E-state index in [1.807, 2.05) is 24.3 Å². The largest absolute Gasteiger partial charge is 0.497 e. The van der Waals surface area contributed by atoms with Crippen LogP contribution in [-0.2, 0) is 11.3 Å². The second kappa shape index (κ2) is 9.17.